The van der Waals surface area contributed by atoms with Gasteiger partial charge in [-0.25, -0.2) is 13.9 Å². The number of carbonyl (C=O) groups is 2. The van der Waals surface area contributed by atoms with Gasteiger partial charge in [-0.3, -0.25) is 19.0 Å². The number of aromatic nitrogens is 4. The van der Waals surface area contributed by atoms with Crippen LogP contribution in [0.25, 0.3) is 16.7 Å². The highest BCUT2D eigenvalue weighted by Gasteiger charge is 2.19. The van der Waals surface area contributed by atoms with Crippen molar-refractivity contribution in [2.24, 2.45) is 0 Å². The van der Waals surface area contributed by atoms with E-state index in [1.54, 1.807) is 48.5 Å². The molecule has 0 saturated heterocycles. The Labute approximate surface area is 198 Å². The zero-order valence-electron chi connectivity index (χ0n) is 18.6. The van der Waals surface area contributed by atoms with Gasteiger partial charge in [-0.15, -0.1) is 5.10 Å². The van der Waals surface area contributed by atoms with Crippen molar-refractivity contribution < 1.29 is 9.59 Å². The summed E-state index contributed by atoms with van der Waals surface area (Å²) in [7, 11) is 0. The molecule has 2 aromatic heterocycles. The molecule has 0 aliphatic carbocycles. The number of aryl methyl sites for hydroxylation is 1. The Morgan fingerprint density at radius 1 is 1.03 bits per heavy atom. The molecule has 2 N–H and O–H groups in total. The van der Waals surface area contributed by atoms with Crippen LogP contribution in [0.5, 0.6) is 0 Å². The molecule has 10 nitrogen and oxygen atoms in total. The Morgan fingerprint density at radius 2 is 1.74 bits per heavy atom. The molecule has 0 fully saturated rings. The predicted molar refractivity (Wildman–Crippen MR) is 129 cm³/mol. The molecule has 0 saturated carbocycles. The Hall–Kier alpha value is -3.92. The quantitative estimate of drug-likeness (QED) is 0.417. The molecule has 0 aliphatic rings. The van der Waals surface area contributed by atoms with Crippen molar-refractivity contribution in [3.63, 3.8) is 0 Å². The van der Waals surface area contributed by atoms with E-state index in [1.165, 1.54) is 8.97 Å². The van der Waals surface area contributed by atoms with Crippen molar-refractivity contribution in [1.29, 1.82) is 0 Å². The Morgan fingerprint density at radius 3 is 2.47 bits per heavy atom. The van der Waals surface area contributed by atoms with E-state index in [0.717, 1.165) is 4.68 Å². The molecule has 0 radical (unpaired) electrons. The molecule has 2 amide bonds. The highest BCUT2D eigenvalue weighted by molar-refractivity contribution is 6.33. The Balaban J connectivity index is 1.75. The van der Waals surface area contributed by atoms with Gasteiger partial charge in [0.2, 0.25) is 17.6 Å². The first-order valence-electron chi connectivity index (χ1n) is 10.7. The molecule has 11 heteroatoms. The molecule has 2 aromatic carbocycles. The fourth-order valence-electron chi connectivity index (χ4n) is 3.67. The second-order valence-electron chi connectivity index (χ2n) is 8.05. The van der Waals surface area contributed by atoms with Gasteiger partial charge in [0.15, 0.2) is 0 Å². The molecule has 4 rings (SSSR count). The highest BCUT2D eigenvalue weighted by atomic mass is 35.5. The lowest BCUT2D eigenvalue weighted by atomic mass is 10.2. The number of hydrogen-bond acceptors (Lipinski definition) is 5. The summed E-state index contributed by atoms with van der Waals surface area (Å²) in [6, 6.07) is 13.3. The van der Waals surface area contributed by atoms with Crippen LogP contribution in [0, 0.1) is 0 Å². The van der Waals surface area contributed by atoms with Crippen LogP contribution in [-0.4, -0.2) is 36.6 Å². The van der Waals surface area contributed by atoms with Crippen molar-refractivity contribution >= 4 is 45.8 Å². The van der Waals surface area contributed by atoms with Crippen molar-refractivity contribution in [2.75, 3.05) is 5.32 Å². The number of amides is 2. The van der Waals surface area contributed by atoms with E-state index < -0.39 is 11.6 Å². The summed E-state index contributed by atoms with van der Waals surface area (Å²) in [4.78, 5) is 51.1. The fraction of sp³-hybridized carbons (Fsp3) is 0.261. The van der Waals surface area contributed by atoms with Crippen LogP contribution < -0.4 is 21.9 Å². The van der Waals surface area contributed by atoms with Crippen LogP contribution in [-0.2, 0) is 22.7 Å². The van der Waals surface area contributed by atoms with Gasteiger partial charge < -0.3 is 10.6 Å². The lowest BCUT2D eigenvalue weighted by Crippen LogP contribution is -2.33. The van der Waals surface area contributed by atoms with Crippen molar-refractivity contribution in [2.45, 2.75) is 39.4 Å². The fourth-order valence-corrected chi connectivity index (χ4v) is 3.85. The van der Waals surface area contributed by atoms with E-state index >= 15 is 0 Å². The number of halogens is 1. The minimum Gasteiger partial charge on any atom is -0.354 e. The van der Waals surface area contributed by atoms with Crippen molar-refractivity contribution in [1.82, 2.24) is 24.1 Å². The molecule has 2 heterocycles. The second kappa shape index (κ2) is 9.52. The van der Waals surface area contributed by atoms with E-state index in [-0.39, 0.29) is 42.8 Å². The largest absolute Gasteiger partial charge is 0.354 e. The van der Waals surface area contributed by atoms with Crippen LogP contribution in [0.2, 0.25) is 5.02 Å². The number of anilines is 1. The van der Waals surface area contributed by atoms with E-state index in [1.807, 2.05) is 13.8 Å². The van der Waals surface area contributed by atoms with Gasteiger partial charge in [-0.1, -0.05) is 35.9 Å². The summed E-state index contributed by atoms with van der Waals surface area (Å²) < 4.78 is 3.55. The number of benzene rings is 2. The minimum absolute atomic E-state index is 0.0218. The number of fused-ring (bicyclic) bond motifs is 3. The molecule has 4 aromatic rings. The Bertz CT molecular complexity index is 1520. The summed E-state index contributed by atoms with van der Waals surface area (Å²) >= 11 is 6.09. The van der Waals surface area contributed by atoms with Crippen LogP contribution in [0.15, 0.2) is 58.1 Å². The average molecular weight is 483 g/mol. The molecular weight excluding hydrogens is 460 g/mol. The van der Waals surface area contributed by atoms with Crippen LogP contribution in [0.1, 0.15) is 20.3 Å². The van der Waals surface area contributed by atoms with Crippen LogP contribution in [0.4, 0.5) is 5.69 Å². The van der Waals surface area contributed by atoms with Gasteiger partial charge in [0, 0.05) is 19.0 Å². The van der Waals surface area contributed by atoms with Gasteiger partial charge in [-0.2, -0.15) is 0 Å². The maximum atomic E-state index is 13.2. The SMILES string of the molecule is CC(C)NC(=O)CCn1c(=O)c2ccccc2n2c(=O)n(CC(=O)Nc3ccccc3Cl)nc12. The number of carbonyl (C=O) groups excluding carboxylic acids is 2. The third-order valence-electron chi connectivity index (χ3n) is 5.14. The number of para-hydroxylation sites is 2. The summed E-state index contributed by atoms with van der Waals surface area (Å²) in [5.41, 5.74) is -0.184. The molecule has 0 unspecified atom stereocenters. The molecular formula is C23H23ClN6O4. The monoisotopic (exact) mass is 482 g/mol. The van der Waals surface area contributed by atoms with Crippen molar-refractivity contribution in [3.05, 3.63) is 74.4 Å². The van der Waals surface area contributed by atoms with E-state index in [2.05, 4.69) is 15.7 Å². The summed E-state index contributed by atoms with van der Waals surface area (Å²) in [6.45, 7) is 3.32. The Kier molecular flexibility index (Phi) is 6.51. The maximum absolute atomic E-state index is 13.2. The van der Waals surface area contributed by atoms with Crippen LogP contribution >= 0.6 is 11.6 Å². The smallest absolute Gasteiger partial charge is 0.352 e. The van der Waals surface area contributed by atoms with Gasteiger partial charge in [0.1, 0.15) is 6.54 Å². The molecule has 0 aliphatic heterocycles. The number of nitrogens with one attached hydrogen (secondary N) is 2. The molecule has 34 heavy (non-hydrogen) atoms. The summed E-state index contributed by atoms with van der Waals surface area (Å²) in [5.74, 6) is -0.682. The lowest BCUT2D eigenvalue weighted by molar-refractivity contribution is -0.121. The first-order chi connectivity index (χ1) is 16.3. The lowest BCUT2D eigenvalue weighted by Gasteiger charge is -2.11. The van der Waals surface area contributed by atoms with Gasteiger partial charge in [0.25, 0.3) is 5.56 Å². The standard InChI is InChI=1S/C23H23ClN6O4/c1-14(2)25-19(31)11-12-28-21(33)15-7-3-6-10-18(15)30-22(28)27-29(23(30)34)13-20(32)26-17-9-5-4-8-16(17)24/h3-10,14H,11-13H2,1-2H3,(H,25,31)(H,26,32). The summed E-state index contributed by atoms with van der Waals surface area (Å²) in [5, 5.41) is 10.4. The summed E-state index contributed by atoms with van der Waals surface area (Å²) in [6.07, 6.45) is 0.0279. The predicted octanol–water partition coefficient (Wildman–Crippen LogP) is 2.02. The third-order valence-corrected chi connectivity index (χ3v) is 5.47. The molecule has 0 bridgehead atoms. The topological polar surface area (TPSA) is 120 Å². The van der Waals surface area contributed by atoms with E-state index in [4.69, 9.17) is 11.6 Å². The van der Waals surface area contributed by atoms with E-state index in [0.29, 0.717) is 21.6 Å². The van der Waals surface area contributed by atoms with Gasteiger partial charge in [-0.05, 0) is 38.1 Å². The highest BCUT2D eigenvalue weighted by Crippen LogP contribution is 2.20. The zero-order valence-corrected chi connectivity index (χ0v) is 19.4. The third kappa shape index (κ3) is 4.58. The molecule has 176 valence electrons. The normalized spacial score (nSPS) is 11.3. The first kappa shape index (κ1) is 23.2. The maximum Gasteiger partial charge on any atom is 0.352 e. The average Bonchev–Trinajstić information content (AvgIpc) is 3.10. The number of rotatable bonds is 7. The molecule has 0 spiro atoms. The van der Waals surface area contributed by atoms with Gasteiger partial charge >= 0.3 is 5.69 Å². The molecule has 0 atom stereocenters. The number of nitrogens with zero attached hydrogens (tertiary/aromatic N) is 4. The van der Waals surface area contributed by atoms with Crippen molar-refractivity contribution in [3.8, 4) is 0 Å². The van der Waals surface area contributed by atoms with Gasteiger partial charge in [0.05, 0.1) is 21.6 Å². The van der Waals surface area contributed by atoms with Crippen LogP contribution in [0.3, 0.4) is 0 Å². The zero-order chi connectivity index (χ0) is 24.4. The minimum atomic E-state index is -0.583. The second-order valence-corrected chi connectivity index (χ2v) is 8.46. The number of hydrogen-bond donors (Lipinski definition) is 2. The first-order valence-corrected chi connectivity index (χ1v) is 11.1. The van der Waals surface area contributed by atoms with E-state index in [9.17, 15) is 19.2 Å².